The van der Waals surface area contributed by atoms with Crippen molar-refractivity contribution in [2.75, 3.05) is 65.8 Å². The molecule has 0 radical (unpaired) electrons. The summed E-state index contributed by atoms with van der Waals surface area (Å²) in [5.41, 5.74) is 0. The van der Waals surface area contributed by atoms with Gasteiger partial charge in [0, 0.05) is 59.2 Å². The van der Waals surface area contributed by atoms with Crippen LogP contribution in [0.1, 0.15) is 58.3 Å². The Kier molecular flexibility index (Phi) is 11.3. The minimum absolute atomic E-state index is 0.310. The van der Waals surface area contributed by atoms with E-state index in [0.29, 0.717) is 18.1 Å². The number of nitrogens with zero attached hydrogens (tertiary/aromatic N) is 2. The Bertz CT molecular complexity index is 471. The molecule has 7 heteroatoms. The summed E-state index contributed by atoms with van der Waals surface area (Å²) in [5, 5.41) is 3.45. The molecule has 174 valence electrons. The van der Waals surface area contributed by atoms with Crippen LogP contribution in [0.5, 0.6) is 0 Å². The van der Waals surface area contributed by atoms with Crippen LogP contribution in [0, 0.1) is 5.92 Å². The van der Waals surface area contributed by atoms with Crippen molar-refractivity contribution in [1.82, 2.24) is 10.2 Å². The van der Waals surface area contributed by atoms with Crippen molar-refractivity contribution in [3.8, 4) is 0 Å². The maximum absolute atomic E-state index is 6.15. The quantitative estimate of drug-likeness (QED) is 0.330. The van der Waals surface area contributed by atoms with Crippen LogP contribution < -0.4 is 5.32 Å². The lowest BCUT2D eigenvalue weighted by molar-refractivity contribution is -0.0721. The molecule has 1 unspecified atom stereocenters. The van der Waals surface area contributed by atoms with E-state index in [0.717, 1.165) is 110 Å². The number of hydrogen-bond acceptors (Lipinski definition) is 5. The van der Waals surface area contributed by atoms with E-state index in [1.807, 2.05) is 0 Å². The minimum atomic E-state index is 0.310. The lowest BCUT2D eigenvalue weighted by Gasteiger charge is -2.35. The standard InChI is InChI=1S/C23H43N3O4/c1-2-24-23(25-11-5-14-28-18-20-9-16-27-17-10-20)26-12-7-21(8-13-26)30-19-22-6-3-4-15-29-22/h20-22H,2-19H2,1H3,(H,24,25). The number of guanidine groups is 1. The van der Waals surface area contributed by atoms with Crippen molar-refractivity contribution in [2.45, 2.75) is 70.5 Å². The van der Waals surface area contributed by atoms with Crippen LogP contribution >= 0.6 is 0 Å². The Morgan fingerprint density at radius 2 is 1.87 bits per heavy atom. The fourth-order valence-corrected chi connectivity index (χ4v) is 4.36. The van der Waals surface area contributed by atoms with Crippen molar-refractivity contribution in [3.63, 3.8) is 0 Å². The molecule has 0 spiro atoms. The first-order chi connectivity index (χ1) is 14.8. The summed E-state index contributed by atoms with van der Waals surface area (Å²) in [6.45, 7) is 10.9. The van der Waals surface area contributed by atoms with Gasteiger partial charge in [0.05, 0.1) is 18.8 Å². The molecule has 0 aliphatic carbocycles. The highest BCUT2D eigenvalue weighted by Gasteiger charge is 2.23. The van der Waals surface area contributed by atoms with Gasteiger partial charge in [0.2, 0.25) is 0 Å². The number of piperidine rings is 1. The Labute approximate surface area is 182 Å². The highest BCUT2D eigenvalue weighted by atomic mass is 16.5. The number of likely N-dealkylation sites (tertiary alicyclic amines) is 1. The van der Waals surface area contributed by atoms with Crippen LogP contribution in [0.15, 0.2) is 4.99 Å². The third-order valence-corrected chi connectivity index (χ3v) is 6.27. The summed E-state index contributed by atoms with van der Waals surface area (Å²) >= 11 is 0. The normalized spacial score (nSPS) is 24.9. The van der Waals surface area contributed by atoms with Gasteiger partial charge in [0.25, 0.3) is 0 Å². The van der Waals surface area contributed by atoms with Crippen LogP contribution in [0.4, 0.5) is 0 Å². The Balaban J connectivity index is 1.29. The first kappa shape index (κ1) is 23.8. The zero-order valence-corrected chi connectivity index (χ0v) is 19.0. The van der Waals surface area contributed by atoms with Crippen molar-refractivity contribution in [3.05, 3.63) is 0 Å². The maximum atomic E-state index is 6.15. The molecular formula is C23H43N3O4. The average Bonchev–Trinajstić information content (AvgIpc) is 2.81. The van der Waals surface area contributed by atoms with Crippen LogP contribution in [0.3, 0.4) is 0 Å². The maximum Gasteiger partial charge on any atom is 0.193 e. The Morgan fingerprint density at radius 1 is 1.03 bits per heavy atom. The molecule has 0 aromatic heterocycles. The molecule has 0 bridgehead atoms. The second kappa shape index (κ2) is 14.2. The van der Waals surface area contributed by atoms with Gasteiger partial charge in [0.1, 0.15) is 0 Å². The van der Waals surface area contributed by atoms with E-state index < -0.39 is 0 Å². The molecule has 30 heavy (non-hydrogen) atoms. The topological polar surface area (TPSA) is 64.6 Å². The zero-order valence-electron chi connectivity index (χ0n) is 19.0. The minimum Gasteiger partial charge on any atom is -0.381 e. The van der Waals surface area contributed by atoms with Crippen LogP contribution in [-0.4, -0.2) is 88.9 Å². The fraction of sp³-hybridized carbons (Fsp3) is 0.957. The van der Waals surface area contributed by atoms with Gasteiger partial charge in [0.15, 0.2) is 5.96 Å². The summed E-state index contributed by atoms with van der Waals surface area (Å²) in [6.07, 6.45) is 9.65. The lowest BCUT2D eigenvalue weighted by atomic mass is 10.0. The van der Waals surface area contributed by atoms with E-state index in [2.05, 4.69) is 17.1 Å². The molecule has 3 fully saturated rings. The van der Waals surface area contributed by atoms with E-state index in [1.165, 1.54) is 12.8 Å². The van der Waals surface area contributed by atoms with Crippen LogP contribution in [-0.2, 0) is 18.9 Å². The third-order valence-electron chi connectivity index (χ3n) is 6.27. The first-order valence-corrected chi connectivity index (χ1v) is 12.3. The van der Waals surface area contributed by atoms with Gasteiger partial charge in [-0.2, -0.15) is 0 Å². The van der Waals surface area contributed by atoms with E-state index in [9.17, 15) is 0 Å². The molecule has 3 aliphatic heterocycles. The summed E-state index contributed by atoms with van der Waals surface area (Å²) < 4.78 is 23.2. The molecule has 1 atom stereocenters. The van der Waals surface area contributed by atoms with Gasteiger partial charge >= 0.3 is 0 Å². The molecule has 0 saturated carbocycles. The fourth-order valence-electron chi connectivity index (χ4n) is 4.36. The molecule has 7 nitrogen and oxygen atoms in total. The van der Waals surface area contributed by atoms with E-state index in [-0.39, 0.29) is 0 Å². The number of nitrogens with one attached hydrogen (secondary N) is 1. The number of hydrogen-bond donors (Lipinski definition) is 1. The van der Waals surface area contributed by atoms with Gasteiger partial charge in [-0.05, 0) is 64.2 Å². The largest absolute Gasteiger partial charge is 0.381 e. The summed E-state index contributed by atoms with van der Waals surface area (Å²) in [5.74, 6) is 1.71. The highest BCUT2D eigenvalue weighted by Crippen LogP contribution is 2.18. The molecule has 0 aromatic carbocycles. The van der Waals surface area contributed by atoms with Gasteiger partial charge in [-0.3, -0.25) is 4.99 Å². The molecular weight excluding hydrogens is 382 g/mol. The third kappa shape index (κ3) is 8.69. The second-order valence-electron chi connectivity index (χ2n) is 8.73. The molecule has 3 rings (SSSR count). The van der Waals surface area contributed by atoms with Crippen molar-refractivity contribution >= 4 is 5.96 Å². The van der Waals surface area contributed by atoms with Gasteiger partial charge < -0.3 is 29.2 Å². The Morgan fingerprint density at radius 3 is 2.60 bits per heavy atom. The second-order valence-corrected chi connectivity index (χ2v) is 8.73. The monoisotopic (exact) mass is 425 g/mol. The van der Waals surface area contributed by atoms with Gasteiger partial charge in [-0.25, -0.2) is 0 Å². The molecule has 0 aromatic rings. The van der Waals surface area contributed by atoms with E-state index in [4.69, 9.17) is 23.9 Å². The number of aliphatic imine (C=N–C) groups is 1. The van der Waals surface area contributed by atoms with Crippen molar-refractivity contribution < 1.29 is 18.9 Å². The first-order valence-electron chi connectivity index (χ1n) is 12.3. The summed E-state index contributed by atoms with van der Waals surface area (Å²) in [4.78, 5) is 7.21. The van der Waals surface area contributed by atoms with Crippen LogP contribution in [0.25, 0.3) is 0 Å². The summed E-state index contributed by atoms with van der Waals surface area (Å²) in [6, 6.07) is 0. The summed E-state index contributed by atoms with van der Waals surface area (Å²) in [7, 11) is 0. The number of ether oxygens (including phenoxy) is 4. The highest BCUT2D eigenvalue weighted by molar-refractivity contribution is 5.80. The van der Waals surface area contributed by atoms with E-state index in [1.54, 1.807) is 0 Å². The smallest absolute Gasteiger partial charge is 0.193 e. The van der Waals surface area contributed by atoms with E-state index >= 15 is 0 Å². The zero-order chi connectivity index (χ0) is 20.9. The number of rotatable bonds is 10. The molecule has 1 N–H and O–H groups in total. The van der Waals surface area contributed by atoms with Crippen molar-refractivity contribution in [1.29, 1.82) is 0 Å². The molecule has 3 heterocycles. The van der Waals surface area contributed by atoms with Gasteiger partial charge in [-0.15, -0.1) is 0 Å². The van der Waals surface area contributed by atoms with Gasteiger partial charge in [-0.1, -0.05) is 0 Å². The Hall–Kier alpha value is -0.890. The average molecular weight is 426 g/mol. The molecule has 0 amide bonds. The SMILES string of the molecule is CCNC(=NCCCOCC1CCOCC1)N1CCC(OCC2CCCCO2)CC1. The molecule has 3 aliphatic rings. The molecule has 3 saturated heterocycles. The van der Waals surface area contributed by atoms with Crippen LogP contribution in [0.2, 0.25) is 0 Å². The lowest BCUT2D eigenvalue weighted by Crippen LogP contribution is -2.47. The predicted molar refractivity (Wildman–Crippen MR) is 119 cm³/mol. The van der Waals surface area contributed by atoms with Crippen molar-refractivity contribution in [2.24, 2.45) is 10.9 Å². The predicted octanol–water partition coefficient (Wildman–Crippen LogP) is 2.84.